The molecule has 0 aliphatic rings. The van der Waals surface area contributed by atoms with E-state index in [0.29, 0.717) is 12.2 Å². The van der Waals surface area contributed by atoms with Crippen LogP contribution < -0.4 is 38.9 Å². The molecule has 35 heavy (non-hydrogen) atoms. The van der Waals surface area contributed by atoms with Crippen molar-refractivity contribution in [3.63, 3.8) is 0 Å². The van der Waals surface area contributed by atoms with Crippen LogP contribution in [0.1, 0.15) is 32.1 Å². The van der Waals surface area contributed by atoms with Crippen molar-refractivity contribution in [3.05, 3.63) is 0 Å². The number of guanidine groups is 1. The van der Waals surface area contributed by atoms with Crippen molar-refractivity contribution in [1.82, 2.24) is 16.0 Å². The first-order valence-corrected chi connectivity index (χ1v) is 12.8. The number of carboxylic acids is 1. The summed E-state index contributed by atoms with van der Waals surface area (Å²) in [7, 11) is 0. The second-order valence-electron chi connectivity index (χ2n) is 7.55. The fourth-order valence-electron chi connectivity index (χ4n) is 2.73. The third kappa shape index (κ3) is 14.3. The smallest absolute Gasteiger partial charge is 0.326 e. The lowest BCUT2D eigenvalue weighted by Gasteiger charge is -2.25. The molecule has 0 aromatic heterocycles. The van der Waals surface area contributed by atoms with E-state index in [1.807, 2.05) is 0 Å². The van der Waals surface area contributed by atoms with Gasteiger partial charge >= 0.3 is 5.97 Å². The molecule has 0 aliphatic carbocycles. The molecule has 16 heteroatoms. The largest absolute Gasteiger partial charge is 0.480 e. The lowest BCUT2D eigenvalue weighted by atomic mass is 10.1. The van der Waals surface area contributed by atoms with Crippen LogP contribution >= 0.6 is 24.4 Å². The number of carbonyl (C=O) groups is 5. The normalized spacial score (nSPS) is 14.0. The Hall–Kier alpha value is -2.72. The number of rotatable bonds is 18. The summed E-state index contributed by atoms with van der Waals surface area (Å²) in [4.78, 5) is 64.6. The second kappa shape index (κ2) is 17.7. The first kappa shape index (κ1) is 32.3. The molecule has 4 amide bonds. The lowest BCUT2D eigenvalue weighted by Crippen LogP contribution is -2.57. The van der Waals surface area contributed by atoms with E-state index >= 15 is 0 Å². The number of primary amides is 1. The van der Waals surface area contributed by atoms with Crippen LogP contribution in [0.4, 0.5) is 0 Å². The molecule has 200 valence electrons. The number of nitrogens with one attached hydrogen (secondary N) is 3. The number of carboxylic acid groups (broad SMARTS) is 1. The van der Waals surface area contributed by atoms with Crippen LogP contribution in [-0.2, 0) is 24.0 Å². The van der Waals surface area contributed by atoms with Crippen molar-refractivity contribution in [1.29, 1.82) is 0 Å². The average Bonchev–Trinajstić information content (AvgIpc) is 2.79. The van der Waals surface area contributed by atoms with Crippen molar-refractivity contribution in [3.8, 4) is 0 Å². The fraction of sp³-hybridized carbons (Fsp3) is 0.684. The quantitative estimate of drug-likeness (QED) is 0.0368. The lowest BCUT2D eigenvalue weighted by molar-refractivity contribution is -0.142. The monoisotopic (exact) mass is 536 g/mol. The summed E-state index contributed by atoms with van der Waals surface area (Å²) < 4.78 is 0. The highest BCUT2D eigenvalue weighted by Gasteiger charge is 2.30. The molecule has 4 unspecified atom stereocenters. The van der Waals surface area contributed by atoms with Crippen LogP contribution in [-0.4, -0.2) is 89.1 Å². The Labute approximate surface area is 213 Å². The van der Waals surface area contributed by atoms with E-state index in [1.54, 1.807) is 6.26 Å². The number of amides is 4. The van der Waals surface area contributed by atoms with E-state index in [9.17, 15) is 29.1 Å². The topological polar surface area (TPSA) is 258 Å². The van der Waals surface area contributed by atoms with E-state index in [2.05, 4.69) is 33.6 Å². The molecular formula is C19H36N8O6S2. The van der Waals surface area contributed by atoms with Crippen molar-refractivity contribution in [2.45, 2.75) is 56.3 Å². The van der Waals surface area contributed by atoms with Gasteiger partial charge in [0.2, 0.25) is 23.6 Å². The van der Waals surface area contributed by atoms with Gasteiger partial charge in [0.25, 0.3) is 0 Å². The first-order chi connectivity index (χ1) is 16.4. The average molecular weight is 537 g/mol. The summed E-state index contributed by atoms with van der Waals surface area (Å²) in [6, 6.07) is -4.56. The van der Waals surface area contributed by atoms with Crippen LogP contribution in [0.25, 0.3) is 0 Å². The molecule has 0 spiro atoms. The van der Waals surface area contributed by atoms with Crippen molar-refractivity contribution in [2.24, 2.45) is 27.9 Å². The molecule has 0 saturated heterocycles. The van der Waals surface area contributed by atoms with E-state index in [-0.39, 0.29) is 43.9 Å². The van der Waals surface area contributed by atoms with Crippen LogP contribution in [0.2, 0.25) is 0 Å². The van der Waals surface area contributed by atoms with Gasteiger partial charge in [0, 0.05) is 18.7 Å². The van der Waals surface area contributed by atoms with Gasteiger partial charge in [-0.15, -0.1) is 0 Å². The minimum Gasteiger partial charge on any atom is -0.480 e. The molecule has 4 atom stereocenters. The van der Waals surface area contributed by atoms with Gasteiger partial charge in [0.15, 0.2) is 5.96 Å². The number of aliphatic carboxylic acids is 1. The minimum atomic E-state index is -1.28. The van der Waals surface area contributed by atoms with E-state index in [4.69, 9.17) is 22.9 Å². The molecule has 0 saturated carbocycles. The molecule has 0 bridgehead atoms. The van der Waals surface area contributed by atoms with Gasteiger partial charge in [-0.05, 0) is 37.7 Å². The van der Waals surface area contributed by atoms with E-state index in [1.165, 1.54) is 11.8 Å². The molecule has 0 fully saturated rings. The summed E-state index contributed by atoms with van der Waals surface area (Å²) in [5.74, 6) is -3.75. The number of nitrogens with two attached hydrogens (primary N) is 4. The molecule has 0 aromatic carbocycles. The van der Waals surface area contributed by atoms with Gasteiger partial charge < -0.3 is 44.0 Å². The number of hydrogen-bond acceptors (Lipinski definition) is 9. The number of thioether (sulfide) groups is 1. The Balaban J connectivity index is 5.57. The summed E-state index contributed by atoms with van der Waals surface area (Å²) in [6.45, 7) is 0.182. The number of hydrogen-bond donors (Lipinski definition) is 9. The number of aliphatic imine (C=N–C) groups is 1. The van der Waals surface area contributed by atoms with Gasteiger partial charge in [-0.3, -0.25) is 24.2 Å². The van der Waals surface area contributed by atoms with Crippen LogP contribution in [0.15, 0.2) is 4.99 Å². The summed E-state index contributed by atoms with van der Waals surface area (Å²) in [6.07, 6.45) is 1.94. The molecule has 0 heterocycles. The maximum atomic E-state index is 13.0. The van der Waals surface area contributed by atoms with Gasteiger partial charge in [-0.2, -0.15) is 24.4 Å². The second-order valence-corrected chi connectivity index (χ2v) is 8.90. The molecular weight excluding hydrogens is 500 g/mol. The zero-order chi connectivity index (χ0) is 27.0. The Morgan fingerprint density at radius 3 is 1.94 bits per heavy atom. The van der Waals surface area contributed by atoms with Gasteiger partial charge in [0.05, 0.1) is 6.04 Å². The molecule has 0 radical (unpaired) electrons. The highest BCUT2D eigenvalue weighted by atomic mass is 32.2. The summed E-state index contributed by atoms with van der Waals surface area (Å²) >= 11 is 5.37. The van der Waals surface area contributed by atoms with Crippen molar-refractivity contribution < 1.29 is 29.1 Å². The zero-order valence-electron chi connectivity index (χ0n) is 19.6. The molecule has 12 N–H and O–H groups in total. The van der Waals surface area contributed by atoms with Crippen molar-refractivity contribution in [2.75, 3.05) is 24.3 Å². The van der Waals surface area contributed by atoms with E-state index < -0.39 is 53.8 Å². The predicted molar refractivity (Wildman–Crippen MR) is 137 cm³/mol. The highest BCUT2D eigenvalue weighted by molar-refractivity contribution is 7.98. The Bertz CT molecular complexity index is 766. The van der Waals surface area contributed by atoms with Gasteiger partial charge in [0.1, 0.15) is 18.1 Å². The van der Waals surface area contributed by atoms with Gasteiger partial charge in [-0.1, -0.05) is 0 Å². The third-order valence-electron chi connectivity index (χ3n) is 4.65. The highest BCUT2D eigenvalue weighted by Crippen LogP contribution is 2.06. The van der Waals surface area contributed by atoms with Crippen LogP contribution in [0, 0.1) is 0 Å². The zero-order valence-corrected chi connectivity index (χ0v) is 21.3. The van der Waals surface area contributed by atoms with Gasteiger partial charge in [-0.25, -0.2) is 4.79 Å². The first-order valence-electron chi connectivity index (χ1n) is 10.8. The standard InChI is InChI=1S/C19H36N8O6S2/c1-35-8-6-13(18(32)33)27-17(31)12(4-5-14(21)28)26-16(30)11(3-2-7-24-19(22)23)25-15(29)10(20)9-34/h10-13,34H,2-9,20H2,1H3,(H2,21,28)(H,25,29)(H,26,30)(H,27,31)(H,32,33)(H4,22,23,24). The summed E-state index contributed by atoms with van der Waals surface area (Å²) in [5, 5.41) is 16.7. The minimum absolute atomic E-state index is 0.0322. The van der Waals surface area contributed by atoms with Crippen LogP contribution in [0.5, 0.6) is 0 Å². The van der Waals surface area contributed by atoms with Crippen LogP contribution in [0.3, 0.4) is 0 Å². The molecule has 14 nitrogen and oxygen atoms in total. The molecule has 0 rings (SSSR count). The Morgan fingerprint density at radius 2 is 1.46 bits per heavy atom. The predicted octanol–water partition coefficient (Wildman–Crippen LogP) is -3.15. The number of carbonyl (C=O) groups excluding carboxylic acids is 4. The SMILES string of the molecule is CSCCC(NC(=O)C(CCC(N)=O)NC(=O)C(CCCN=C(N)N)NC(=O)C(N)CS)C(=O)O. The maximum absolute atomic E-state index is 13.0. The van der Waals surface area contributed by atoms with E-state index in [0.717, 1.165) is 0 Å². The number of nitrogens with zero attached hydrogens (tertiary/aromatic N) is 1. The Kier molecular flexibility index (Phi) is 16.3. The third-order valence-corrected chi connectivity index (χ3v) is 5.69. The fourth-order valence-corrected chi connectivity index (χ4v) is 3.36. The van der Waals surface area contributed by atoms with Crippen molar-refractivity contribution >= 4 is 59.9 Å². The summed E-state index contributed by atoms with van der Waals surface area (Å²) in [5.41, 5.74) is 21.4. The molecule has 0 aromatic rings. The maximum Gasteiger partial charge on any atom is 0.326 e. The Morgan fingerprint density at radius 1 is 0.914 bits per heavy atom. The molecule has 0 aliphatic heterocycles. The number of thiol groups is 1.